The number of ether oxygens (including phenoxy) is 1. The van der Waals surface area contributed by atoms with Gasteiger partial charge in [0.2, 0.25) is 0 Å². The Hall–Kier alpha value is -1.53. The molecule has 19 heavy (non-hydrogen) atoms. The summed E-state index contributed by atoms with van der Waals surface area (Å²) in [6, 6.07) is 1.84. The maximum absolute atomic E-state index is 11.9. The minimum Gasteiger partial charge on any atom is -0.397 e. The quantitative estimate of drug-likeness (QED) is 0.713. The molecule has 6 heteroatoms. The number of hydrogen-bond acceptors (Lipinski definition) is 5. The molecule has 1 aromatic heterocycles. The van der Waals surface area contributed by atoms with Crippen molar-refractivity contribution in [3.05, 3.63) is 23.6 Å². The van der Waals surface area contributed by atoms with E-state index in [1.54, 1.807) is 13.2 Å². The standard InChI is InChI=1S/C13H21N3O2S/c1-4-6-15-13(17)12-10(14)9-11(19-12)16(5-2)7-8-18-3/h4,9H,1,5-8,14H2,2-3H3,(H,15,17). The lowest BCUT2D eigenvalue weighted by Crippen LogP contribution is -2.25. The summed E-state index contributed by atoms with van der Waals surface area (Å²) in [4.78, 5) is 14.6. The third-order valence-electron chi connectivity index (χ3n) is 2.62. The average molecular weight is 283 g/mol. The second-order valence-corrected chi connectivity index (χ2v) is 4.97. The van der Waals surface area contributed by atoms with Crippen LogP contribution in [0.25, 0.3) is 0 Å². The number of nitrogens with one attached hydrogen (secondary N) is 1. The van der Waals surface area contributed by atoms with Crippen LogP contribution in [-0.4, -0.2) is 39.3 Å². The molecule has 0 aliphatic heterocycles. The van der Waals surface area contributed by atoms with Crippen LogP contribution in [0.2, 0.25) is 0 Å². The Bertz CT molecular complexity index is 432. The number of amides is 1. The minimum absolute atomic E-state index is 0.156. The second kappa shape index (κ2) is 7.81. The number of carbonyl (C=O) groups excluding carboxylic acids is 1. The molecule has 0 spiro atoms. The van der Waals surface area contributed by atoms with Crippen LogP contribution in [0.5, 0.6) is 0 Å². The molecule has 0 fully saturated rings. The van der Waals surface area contributed by atoms with Crippen molar-refractivity contribution in [3.63, 3.8) is 0 Å². The fraction of sp³-hybridized carbons (Fsp3) is 0.462. The molecule has 0 aliphatic rings. The highest BCUT2D eigenvalue weighted by Crippen LogP contribution is 2.32. The monoisotopic (exact) mass is 283 g/mol. The average Bonchev–Trinajstić information content (AvgIpc) is 2.79. The largest absolute Gasteiger partial charge is 0.397 e. The van der Waals surface area contributed by atoms with Crippen molar-refractivity contribution in [2.45, 2.75) is 6.92 Å². The van der Waals surface area contributed by atoms with Crippen molar-refractivity contribution in [1.82, 2.24) is 5.32 Å². The zero-order valence-electron chi connectivity index (χ0n) is 11.4. The molecule has 0 radical (unpaired) electrons. The molecule has 0 bridgehead atoms. The highest BCUT2D eigenvalue weighted by Gasteiger charge is 2.16. The van der Waals surface area contributed by atoms with Crippen molar-refractivity contribution in [1.29, 1.82) is 0 Å². The van der Waals surface area contributed by atoms with E-state index in [1.165, 1.54) is 11.3 Å². The van der Waals surface area contributed by atoms with E-state index in [0.29, 0.717) is 23.7 Å². The molecular formula is C13H21N3O2S. The van der Waals surface area contributed by atoms with E-state index in [2.05, 4.69) is 23.7 Å². The van der Waals surface area contributed by atoms with E-state index in [0.717, 1.165) is 18.1 Å². The number of rotatable bonds is 8. The Morgan fingerprint density at radius 3 is 3.00 bits per heavy atom. The topological polar surface area (TPSA) is 67.6 Å². The van der Waals surface area contributed by atoms with Gasteiger partial charge in [-0.05, 0) is 13.0 Å². The molecule has 3 N–H and O–H groups in total. The normalized spacial score (nSPS) is 10.2. The second-order valence-electron chi connectivity index (χ2n) is 3.94. The third-order valence-corrected chi connectivity index (χ3v) is 3.83. The number of anilines is 2. The van der Waals surface area contributed by atoms with Gasteiger partial charge in [-0.25, -0.2) is 0 Å². The lowest BCUT2D eigenvalue weighted by molar-refractivity contribution is 0.0963. The Morgan fingerprint density at radius 2 is 2.42 bits per heavy atom. The number of methoxy groups -OCH3 is 1. The van der Waals surface area contributed by atoms with Crippen LogP contribution < -0.4 is 16.0 Å². The first-order chi connectivity index (χ1) is 9.13. The van der Waals surface area contributed by atoms with Crippen LogP contribution >= 0.6 is 11.3 Å². The van der Waals surface area contributed by atoms with Crippen molar-refractivity contribution in [2.24, 2.45) is 0 Å². The van der Waals surface area contributed by atoms with E-state index in [4.69, 9.17) is 10.5 Å². The van der Waals surface area contributed by atoms with Crippen molar-refractivity contribution >= 4 is 27.9 Å². The summed E-state index contributed by atoms with van der Waals surface area (Å²) in [6.07, 6.45) is 1.64. The van der Waals surface area contributed by atoms with E-state index >= 15 is 0 Å². The molecule has 0 saturated carbocycles. The third kappa shape index (κ3) is 4.25. The molecule has 1 rings (SSSR count). The van der Waals surface area contributed by atoms with Gasteiger partial charge in [-0.3, -0.25) is 4.79 Å². The molecule has 0 atom stereocenters. The fourth-order valence-electron chi connectivity index (χ4n) is 1.60. The van der Waals surface area contributed by atoms with Crippen molar-refractivity contribution in [3.8, 4) is 0 Å². The minimum atomic E-state index is -0.156. The zero-order chi connectivity index (χ0) is 14.3. The SMILES string of the molecule is C=CCNC(=O)c1sc(N(CC)CCOC)cc1N. The van der Waals surface area contributed by atoms with Crippen LogP contribution in [0.3, 0.4) is 0 Å². The van der Waals surface area contributed by atoms with Gasteiger partial charge >= 0.3 is 0 Å². The number of thiophene rings is 1. The lowest BCUT2D eigenvalue weighted by Gasteiger charge is -2.20. The highest BCUT2D eigenvalue weighted by molar-refractivity contribution is 7.18. The van der Waals surface area contributed by atoms with Gasteiger partial charge < -0.3 is 20.7 Å². The fourth-order valence-corrected chi connectivity index (χ4v) is 2.68. The maximum Gasteiger partial charge on any atom is 0.263 e. The van der Waals surface area contributed by atoms with Crippen LogP contribution in [0.4, 0.5) is 10.7 Å². The van der Waals surface area contributed by atoms with Crippen LogP contribution in [0.15, 0.2) is 18.7 Å². The zero-order valence-corrected chi connectivity index (χ0v) is 12.3. The summed E-state index contributed by atoms with van der Waals surface area (Å²) in [5, 5.41) is 3.72. The van der Waals surface area contributed by atoms with Gasteiger partial charge in [0.1, 0.15) is 4.88 Å². The number of hydrogen-bond donors (Lipinski definition) is 2. The number of carbonyl (C=O) groups is 1. The van der Waals surface area contributed by atoms with Gasteiger partial charge in [-0.2, -0.15) is 0 Å². The summed E-state index contributed by atoms with van der Waals surface area (Å²) < 4.78 is 5.07. The van der Waals surface area contributed by atoms with E-state index in [9.17, 15) is 4.79 Å². The molecule has 1 heterocycles. The van der Waals surface area contributed by atoms with E-state index in [1.807, 2.05) is 6.07 Å². The molecule has 106 valence electrons. The van der Waals surface area contributed by atoms with Gasteiger partial charge in [0.05, 0.1) is 17.3 Å². The molecule has 0 unspecified atom stereocenters. The van der Waals surface area contributed by atoms with E-state index < -0.39 is 0 Å². The first-order valence-corrected chi connectivity index (χ1v) is 6.98. The van der Waals surface area contributed by atoms with Crippen LogP contribution in [-0.2, 0) is 4.74 Å². The summed E-state index contributed by atoms with van der Waals surface area (Å²) in [5.41, 5.74) is 6.41. The Morgan fingerprint density at radius 1 is 1.68 bits per heavy atom. The van der Waals surface area contributed by atoms with Crippen LogP contribution in [0, 0.1) is 0 Å². The smallest absolute Gasteiger partial charge is 0.263 e. The number of nitrogens with zero attached hydrogens (tertiary/aromatic N) is 1. The molecule has 1 amide bonds. The molecular weight excluding hydrogens is 262 g/mol. The predicted octanol–water partition coefficient (Wildman–Crippen LogP) is 1.72. The molecule has 0 aliphatic carbocycles. The van der Waals surface area contributed by atoms with Crippen LogP contribution in [0.1, 0.15) is 16.6 Å². The van der Waals surface area contributed by atoms with Crippen molar-refractivity contribution < 1.29 is 9.53 Å². The number of likely N-dealkylation sites (N-methyl/N-ethyl adjacent to an activating group) is 1. The lowest BCUT2D eigenvalue weighted by atomic mass is 10.3. The summed E-state index contributed by atoms with van der Waals surface area (Å²) in [7, 11) is 1.67. The summed E-state index contributed by atoms with van der Waals surface area (Å²) in [6.45, 7) is 8.33. The van der Waals surface area contributed by atoms with E-state index in [-0.39, 0.29) is 5.91 Å². The molecule has 0 saturated heterocycles. The maximum atomic E-state index is 11.9. The number of nitrogens with two attached hydrogens (primary N) is 1. The van der Waals surface area contributed by atoms with Crippen molar-refractivity contribution in [2.75, 3.05) is 44.0 Å². The molecule has 5 nitrogen and oxygen atoms in total. The predicted molar refractivity (Wildman–Crippen MR) is 81.0 cm³/mol. The van der Waals surface area contributed by atoms with Gasteiger partial charge in [0.25, 0.3) is 5.91 Å². The Kier molecular flexibility index (Phi) is 6.38. The van der Waals surface area contributed by atoms with Gasteiger partial charge in [-0.1, -0.05) is 6.08 Å². The van der Waals surface area contributed by atoms with Gasteiger partial charge in [0, 0.05) is 26.7 Å². The Balaban J connectivity index is 2.81. The Labute approximate surface area is 118 Å². The molecule has 0 aromatic carbocycles. The molecule has 1 aromatic rings. The highest BCUT2D eigenvalue weighted by atomic mass is 32.1. The summed E-state index contributed by atoms with van der Waals surface area (Å²) >= 11 is 1.40. The first kappa shape index (κ1) is 15.5. The first-order valence-electron chi connectivity index (χ1n) is 6.16. The number of nitrogen functional groups attached to an aromatic ring is 1. The summed E-state index contributed by atoms with van der Waals surface area (Å²) in [5.74, 6) is -0.156. The van der Waals surface area contributed by atoms with Gasteiger partial charge in [0.15, 0.2) is 0 Å². The van der Waals surface area contributed by atoms with Gasteiger partial charge in [-0.15, -0.1) is 17.9 Å².